The number of hydrogen-bond donors (Lipinski definition) is 1. The van der Waals surface area contributed by atoms with Crippen molar-refractivity contribution in [3.05, 3.63) is 0 Å². The average Bonchev–Trinajstić information content (AvgIpc) is 2.77. The van der Waals surface area contributed by atoms with E-state index in [9.17, 15) is 0 Å². The number of rotatable bonds is 5. The molecule has 0 aromatic rings. The summed E-state index contributed by atoms with van der Waals surface area (Å²) in [5.74, 6) is 0. The predicted molar refractivity (Wildman–Crippen MR) is 67.1 cm³/mol. The first kappa shape index (κ1) is 13.2. The molecular weight excluding hydrogens is 218 g/mol. The molecule has 0 spiro atoms. The monoisotopic (exact) mass is 243 g/mol. The summed E-state index contributed by atoms with van der Waals surface area (Å²) in [6, 6.07) is 0.825. The molecule has 0 aliphatic carbocycles. The molecule has 2 fully saturated rings. The van der Waals surface area contributed by atoms with E-state index in [0.717, 1.165) is 59.0 Å². The lowest BCUT2D eigenvalue weighted by atomic mass is 10.2. The Bertz CT molecular complexity index is 222. The summed E-state index contributed by atoms with van der Waals surface area (Å²) in [7, 11) is 1.78. The summed E-state index contributed by atoms with van der Waals surface area (Å²) in [5.41, 5.74) is 5.98. The minimum Gasteiger partial charge on any atom is -0.383 e. The first-order chi connectivity index (χ1) is 8.29. The van der Waals surface area contributed by atoms with Crippen molar-refractivity contribution in [1.82, 2.24) is 9.80 Å². The maximum Gasteiger partial charge on any atom is 0.0630 e. The number of morpholine rings is 1. The van der Waals surface area contributed by atoms with Gasteiger partial charge < -0.3 is 15.2 Å². The van der Waals surface area contributed by atoms with E-state index >= 15 is 0 Å². The van der Waals surface area contributed by atoms with Crippen LogP contribution in [0.2, 0.25) is 0 Å². The zero-order valence-corrected chi connectivity index (χ0v) is 10.8. The molecule has 0 amide bonds. The van der Waals surface area contributed by atoms with Gasteiger partial charge in [0, 0.05) is 51.9 Å². The van der Waals surface area contributed by atoms with Crippen LogP contribution >= 0.6 is 0 Å². The van der Waals surface area contributed by atoms with Crippen LogP contribution in [-0.4, -0.2) is 81.5 Å². The Kier molecular flexibility index (Phi) is 5.18. The lowest BCUT2D eigenvalue weighted by Crippen LogP contribution is -2.49. The molecule has 2 rings (SSSR count). The molecule has 2 atom stereocenters. The van der Waals surface area contributed by atoms with Gasteiger partial charge in [-0.3, -0.25) is 9.80 Å². The molecule has 2 saturated heterocycles. The van der Waals surface area contributed by atoms with Gasteiger partial charge in [0.05, 0.1) is 19.8 Å². The maximum atomic E-state index is 5.98. The minimum atomic E-state index is 0.346. The van der Waals surface area contributed by atoms with Crippen molar-refractivity contribution in [3.8, 4) is 0 Å². The summed E-state index contributed by atoms with van der Waals surface area (Å²) >= 11 is 0. The average molecular weight is 243 g/mol. The lowest BCUT2D eigenvalue weighted by molar-refractivity contribution is 0.0122. The smallest absolute Gasteiger partial charge is 0.0630 e. The van der Waals surface area contributed by atoms with Gasteiger partial charge in [0.2, 0.25) is 0 Å². The van der Waals surface area contributed by atoms with Crippen LogP contribution in [0.15, 0.2) is 0 Å². The van der Waals surface area contributed by atoms with E-state index in [4.69, 9.17) is 15.2 Å². The topological polar surface area (TPSA) is 51.0 Å². The van der Waals surface area contributed by atoms with E-state index < -0.39 is 0 Å². The Morgan fingerprint density at radius 2 is 2.12 bits per heavy atom. The molecule has 0 saturated carbocycles. The van der Waals surface area contributed by atoms with E-state index in [-0.39, 0.29) is 0 Å². The highest BCUT2D eigenvalue weighted by Gasteiger charge is 2.28. The molecular formula is C12H25N3O2. The molecule has 5 nitrogen and oxygen atoms in total. The maximum absolute atomic E-state index is 5.98. The van der Waals surface area contributed by atoms with E-state index in [1.807, 2.05) is 0 Å². The summed E-state index contributed by atoms with van der Waals surface area (Å²) in [6.07, 6.45) is 1.11. The third-order valence-corrected chi connectivity index (χ3v) is 3.70. The summed E-state index contributed by atoms with van der Waals surface area (Å²) in [4.78, 5) is 4.95. The van der Waals surface area contributed by atoms with Crippen LogP contribution < -0.4 is 5.73 Å². The first-order valence-electron chi connectivity index (χ1n) is 6.58. The van der Waals surface area contributed by atoms with Crippen molar-refractivity contribution >= 4 is 0 Å². The second-order valence-electron chi connectivity index (χ2n) is 5.07. The molecule has 2 heterocycles. The van der Waals surface area contributed by atoms with Gasteiger partial charge in [-0.05, 0) is 6.42 Å². The molecule has 17 heavy (non-hydrogen) atoms. The Hall–Kier alpha value is -0.200. The van der Waals surface area contributed by atoms with Gasteiger partial charge in [-0.2, -0.15) is 0 Å². The second-order valence-corrected chi connectivity index (χ2v) is 5.07. The third-order valence-electron chi connectivity index (χ3n) is 3.70. The third kappa shape index (κ3) is 3.89. The van der Waals surface area contributed by atoms with Crippen LogP contribution in [0, 0.1) is 0 Å². The van der Waals surface area contributed by atoms with Gasteiger partial charge in [0.1, 0.15) is 0 Å². The second kappa shape index (κ2) is 6.66. The fourth-order valence-electron chi connectivity index (χ4n) is 2.69. The molecule has 2 N–H and O–H groups in total. The Morgan fingerprint density at radius 3 is 2.71 bits per heavy atom. The van der Waals surface area contributed by atoms with Crippen molar-refractivity contribution in [1.29, 1.82) is 0 Å². The van der Waals surface area contributed by atoms with Gasteiger partial charge in [-0.25, -0.2) is 0 Å². The minimum absolute atomic E-state index is 0.346. The van der Waals surface area contributed by atoms with Gasteiger partial charge in [-0.15, -0.1) is 0 Å². The molecule has 100 valence electrons. The van der Waals surface area contributed by atoms with Gasteiger partial charge >= 0.3 is 0 Å². The molecule has 0 bridgehead atoms. The van der Waals surface area contributed by atoms with E-state index in [1.54, 1.807) is 7.11 Å². The van der Waals surface area contributed by atoms with E-state index in [2.05, 4.69) is 9.80 Å². The van der Waals surface area contributed by atoms with Gasteiger partial charge in [-0.1, -0.05) is 0 Å². The normalized spacial score (nSPS) is 29.6. The molecule has 0 radical (unpaired) electrons. The number of nitrogens with two attached hydrogens (primary N) is 1. The summed E-state index contributed by atoms with van der Waals surface area (Å²) < 4.78 is 10.7. The summed E-state index contributed by atoms with van der Waals surface area (Å²) in [6.45, 7) is 7.80. The number of likely N-dealkylation sites (tertiary alicyclic amines) is 1. The number of methoxy groups -OCH3 is 1. The molecule has 2 aliphatic heterocycles. The standard InChI is InChI=1S/C12H25N3O2/c1-16-10-12(15-3-2-11(13)8-15)9-14-4-6-17-7-5-14/h11-12H,2-10,13H2,1H3/t11-,12?/m0/s1. The van der Waals surface area contributed by atoms with Crippen LogP contribution in [0.1, 0.15) is 6.42 Å². The predicted octanol–water partition coefficient (Wildman–Crippen LogP) is -0.633. The summed E-state index contributed by atoms with van der Waals surface area (Å²) in [5, 5.41) is 0. The Balaban J connectivity index is 1.82. The zero-order chi connectivity index (χ0) is 12.1. The van der Waals surface area contributed by atoms with Crippen LogP contribution in [0.5, 0.6) is 0 Å². The van der Waals surface area contributed by atoms with Gasteiger partial charge in [0.15, 0.2) is 0 Å². The fourth-order valence-corrected chi connectivity index (χ4v) is 2.69. The van der Waals surface area contributed by atoms with E-state index in [0.29, 0.717) is 12.1 Å². The largest absolute Gasteiger partial charge is 0.383 e. The quantitative estimate of drug-likeness (QED) is 0.696. The molecule has 2 aliphatic rings. The fraction of sp³-hybridized carbons (Fsp3) is 1.00. The van der Waals surface area contributed by atoms with Crippen molar-refractivity contribution < 1.29 is 9.47 Å². The van der Waals surface area contributed by atoms with E-state index in [1.165, 1.54) is 0 Å². The van der Waals surface area contributed by atoms with Crippen LogP contribution in [0.3, 0.4) is 0 Å². The number of hydrogen-bond acceptors (Lipinski definition) is 5. The Labute approximate surface area is 104 Å². The lowest BCUT2D eigenvalue weighted by Gasteiger charge is -2.34. The van der Waals surface area contributed by atoms with Crippen molar-refractivity contribution in [2.75, 3.05) is 59.7 Å². The van der Waals surface area contributed by atoms with Gasteiger partial charge in [0.25, 0.3) is 0 Å². The Morgan fingerprint density at radius 1 is 1.35 bits per heavy atom. The van der Waals surface area contributed by atoms with Crippen LogP contribution in [-0.2, 0) is 9.47 Å². The highest BCUT2D eigenvalue weighted by atomic mass is 16.5. The SMILES string of the molecule is COCC(CN1CCOCC1)N1CC[C@H](N)C1. The first-order valence-corrected chi connectivity index (χ1v) is 6.58. The van der Waals surface area contributed by atoms with Crippen LogP contribution in [0.4, 0.5) is 0 Å². The van der Waals surface area contributed by atoms with Crippen molar-refractivity contribution in [2.24, 2.45) is 5.73 Å². The zero-order valence-electron chi connectivity index (χ0n) is 10.8. The van der Waals surface area contributed by atoms with Crippen molar-refractivity contribution in [3.63, 3.8) is 0 Å². The molecule has 0 aromatic heterocycles. The molecule has 5 heteroatoms. The van der Waals surface area contributed by atoms with Crippen LogP contribution in [0.25, 0.3) is 0 Å². The number of nitrogens with zero attached hydrogens (tertiary/aromatic N) is 2. The molecule has 0 aromatic carbocycles. The highest BCUT2D eigenvalue weighted by molar-refractivity contribution is 4.85. The van der Waals surface area contributed by atoms with Crippen molar-refractivity contribution in [2.45, 2.75) is 18.5 Å². The number of ether oxygens (including phenoxy) is 2. The highest BCUT2D eigenvalue weighted by Crippen LogP contribution is 2.13. The molecule has 1 unspecified atom stereocenters.